The average molecular weight is 744 g/mol. The van der Waals surface area contributed by atoms with Crippen LogP contribution in [0.4, 0.5) is 5.69 Å². The number of carbonyl (C=O) groups excluding carboxylic acids is 4. The van der Waals surface area contributed by atoms with Crippen LogP contribution in [0.15, 0.2) is 127 Å². The van der Waals surface area contributed by atoms with Crippen LogP contribution in [0.25, 0.3) is 0 Å². The number of nitrogens with one attached hydrogen (secondary N) is 1. The first-order valence-corrected chi connectivity index (χ1v) is 18.0. The molecule has 282 valence electrons. The molecule has 2 aliphatic rings. The van der Waals surface area contributed by atoms with Gasteiger partial charge < -0.3 is 33.7 Å². The van der Waals surface area contributed by atoms with Crippen LogP contribution < -0.4 is 24.3 Å². The zero-order valence-corrected chi connectivity index (χ0v) is 30.4. The smallest absolute Gasteiger partial charge is 0.343 e. The van der Waals surface area contributed by atoms with E-state index in [9.17, 15) is 19.2 Å². The number of rotatable bonds is 18. The molecular formula is C44H41NO10. The molecule has 0 saturated carbocycles. The monoisotopic (exact) mass is 743 g/mol. The number of hydrogen-bond acceptors (Lipinski definition) is 11. The normalized spacial score (nSPS) is 15.2. The molecule has 0 spiro atoms. The lowest BCUT2D eigenvalue weighted by molar-refractivity contribution is -0.137. The molecule has 11 nitrogen and oxygen atoms in total. The van der Waals surface area contributed by atoms with E-state index in [1.807, 2.05) is 6.08 Å². The molecule has 1 N–H and O–H groups in total. The van der Waals surface area contributed by atoms with Crippen LogP contribution in [-0.4, -0.2) is 43.7 Å². The lowest BCUT2D eigenvalue weighted by Gasteiger charge is -2.36. The quantitative estimate of drug-likeness (QED) is 0.0455. The Bertz CT molecular complexity index is 2080. The molecule has 1 aliphatic heterocycles. The van der Waals surface area contributed by atoms with Gasteiger partial charge in [0.2, 0.25) is 5.72 Å². The predicted octanol–water partition coefficient (Wildman–Crippen LogP) is 8.51. The molecule has 0 amide bonds. The largest absolute Gasteiger partial charge is 0.494 e. The van der Waals surface area contributed by atoms with Crippen LogP contribution in [0.3, 0.4) is 0 Å². The van der Waals surface area contributed by atoms with Crippen molar-refractivity contribution in [3.05, 3.63) is 150 Å². The average Bonchev–Trinajstić information content (AvgIpc) is 3.17. The van der Waals surface area contributed by atoms with Crippen molar-refractivity contribution >= 4 is 29.6 Å². The van der Waals surface area contributed by atoms with Crippen LogP contribution in [0.1, 0.15) is 75.7 Å². The molecule has 1 unspecified atom stereocenters. The molecule has 4 aromatic carbocycles. The van der Waals surface area contributed by atoms with Gasteiger partial charge in [0, 0.05) is 11.6 Å². The summed E-state index contributed by atoms with van der Waals surface area (Å²) in [6.45, 7) is 6.38. The predicted molar refractivity (Wildman–Crippen MR) is 205 cm³/mol. The Hall–Kier alpha value is -6.62. The third-order valence-corrected chi connectivity index (χ3v) is 8.85. The van der Waals surface area contributed by atoms with Gasteiger partial charge in [0.25, 0.3) is 0 Å². The number of fused-ring (bicyclic) bond motifs is 1. The summed E-state index contributed by atoms with van der Waals surface area (Å²) in [5.41, 5.74) is 2.13. The van der Waals surface area contributed by atoms with Gasteiger partial charge in [-0.3, -0.25) is 0 Å². The summed E-state index contributed by atoms with van der Waals surface area (Å²) in [6.07, 6.45) is 11.8. The zero-order valence-electron chi connectivity index (χ0n) is 30.4. The minimum absolute atomic E-state index is 0.192. The molecule has 1 heterocycles. The molecule has 6 rings (SSSR count). The van der Waals surface area contributed by atoms with Crippen molar-refractivity contribution in [2.45, 2.75) is 44.8 Å². The number of allylic oxidation sites excluding steroid dienone is 4. The second-order valence-electron chi connectivity index (χ2n) is 12.9. The van der Waals surface area contributed by atoms with Gasteiger partial charge in [-0.15, -0.1) is 0 Å². The van der Waals surface area contributed by atoms with E-state index in [0.29, 0.717) is 72.3 Å². The molecule has 1 aliphatic carbocycles. The topological polar surface area (TPSA) is 136 Å². The van der Waals surface area contributed by atoms with Gasteiger partial charge >= 0.3 is 23.9 Å². The third kappa shape index (κ3) is 10.3. The number of cyclic esters (lactones) is 1. The van der Waals surface area contributed by atoms with E-state index in [4.69, 9.17) is 28.4 Å². The first-order chi connectivity index (χ1) is 26.7. The van der Waals surface area contributed by atoms with Crippen LogP contribution in [-0.2, 0) is 20.0 Å². The lowest BCUT2D eigenvalue weighted by Crippen LogP contribution is -2.41. The van der Waals surface area contributed by atoms with Crippen LogP contribution in [0.2, 0.25) is 0 Å². The van der Waals surface area contributed by atoms with Crippen LogP contribution in [0.5, 0.6) is 23.0 Å². The molecular weight excluding hydrogens is 702 g/mol. The first kappa shape index (κ1) is 38.1. The first-order valence-electron chi connectivity index (χ1n) is 18.0. The standard InChI is InChI=1S/C44H41NO10/c1-3-40(46)52-28-7-6-27-51-35-18-12-31(13-19-35)41(47)53-36-22-16-33(17-23-36)44(2)45-39-25-24-37(29-38(39)43(49)55-44)54-42(48)32-14-20-34(21-15-32)50-26-5-4-9-30-10-8-11-30/h3,8,10-25,29,45H,1,4-7,9,26-28H2,2H3. The van der Waals surface area contributed by atoms with Crippen molar-refractivity contribution < 1.29 is 47.6 Å². The number of benzene rings is 4. The maximum absolute atomic E-state index is 13.2. The molecule has 0 aromatic heterocycles. The molecule has 0 bridgehead atoms. The van der Waals surface area contributed by atoms with Crippen molar-refractivity contribution in [3.8, 4) is 23.0 Å². The Balaban J connectivity index is 0.968. The van der Waals surface area contributed by atoms with Gasteiger partial charge in [-0.2, -0.15) is 0 Å². The number of ether oxygens (including phenoxy) is 6. The Morgan fingerprint density at radius 2 is 1.27 bits per heavy atom. The second-order valence-corrected chi connectivity index (χ2v) is 12.9. The van der Waals surface area contributed by atoms with Crippen molar-refractivity contribution in [2.24, 2.45) is 0 Å². The summed E-state index contributed by atoms with van der Waals surface area (Å²) >= 11 is 0. The highest BCUT2D eigenvalue weighted by Crippen LogP contribution is 2.37. The lowest BCUT2D eigenvalue weighted by atomic mass is 10.00. The summed E-state index contributed by atoms with van der Waals surface area (Å²) < 4.78 is 33.4. The second kappa shape index (κ2) is 17.9. The van der Waals surface area contributed by atoms with E-state index in [1.165, 1.54) is 11.6 Å². The van der Waals surface area contributed by atoms with Crippen LogP contribution in [0, 0.1) is 0 Å². The number of carbonyl (C=O) groups is 4. The van der Waals surface area contributed by atoms with Gasteiger partial charge in [0.1, 0.15) is 23.0 Å². The fourth-order valence-electron chi connectivity index (χ4n) is 5.71. The number of anilines is 1. The number of esters is 4. The van der Waals surface area contributed by atoms with Crippen molar-refractivity contribution in [2.75, 3.05) is 25.1 Å². The summed E-state index contributed by atoms with van der Waals surface area (Å²) in [7, 11) is 0. The van der Waals surface area contributed by atoms with E-state index in [1.54, 1.807) is 91.9 Å². The Kier molecular flexibility index (Phi) is 12.4. The molecule has 0 fully saturated rings. The molecule has 0 saturated heterocycles. The van der Waals surface area contributed by atoms with E-state index in [-0.39, 0.29) is 11.3 Å². The molecule has 4 aromatic rings. The number of unbranched alkanes of at least 4 members (excludes halogenated alkanes) is 2. The minimum Gasteiger partial charge on any atom is -0.494 e. The summed E-state index contributed by atoms with van der Waals surface area (Å²) in [6, 6.07) is 24.6. The number of hydrogen-bond donors (Lipinski definition) is 1. The molecule has 0 radical (unpaired) electrons. The molecule has 11 heteroatoms. The summed E-state index contributed by atoms with van der Waals surface area (Å²) in [4.78, 5) is 50.0. The fraction of sp³-hybridized carbons (Fsp3) is 0.227. The molecule has 55 heavy (non-hydrogen) atoms. The van der Waals surface area contributed by atoms with Crippen molar-refractivity contribution in [3.63, 3.8) is 0 Å². The fourth-order valence-corrected chi connectivity index (χ4v) is 5.71. The Labute approximate surface area is 319 Å². The Morgan fingerprint density at radius 1 is 0.727 bits per heavy atom. The van der Waals surface area contributed by atoms with E-state index in [0.717, 1.165) is 25.3 Å². The Morgan fingerprint density at radius 3 is 1.85 bits per heavy atom. The zero-order chi connectivity index (χ0) is 38.6. The van der Waals surface area contributed by atoms with E-state index in [2.05, 4.69) is 24.0 Å². The van der Waals surface area contributed by atoms with Gasteiger partial charge in [0.05, 0.1) is 42.2 Å². The maximum atomic E-state index is 13.2. The maximum Gasteiger partial charge on any atom is 0.343 e. The van der Waals surface area contributed by atoms with Crippen molar-refractivity contribution in [1.82, 2.24) is 0 Å². The van der Waals surface area contributed by atoms with Gasteiger partial charge in [-0.25, -0.2) is 19.2 Å². The highest BCUT2D eigenvalue weighted by molar-refractivity contribution is 5.99. The summed E-state index contributed by atoms with van der Waals surface area (Å²) in [5, 5.41) is 3.25. The molecule has 1 atom stereocenters. The highest BCUT2D eigenvalue weighted by atomic mass is 16.6. The van der Waals surface area contributed by atoms with Gasteiger partial charge in [-0.05, 0) is 136 Å². The minimum atomic E-state index is -1.23. The van der Waals surface area contributed by atoms with Crippen molar-refractivity contribution in [1.29, 1.82) is 0 Å². The highest BCUT2D eigenvalue weighted by Gasteiger charge is 2.38. The van der Waals surface area contributed by atoms with E-state index >= 15 is 0 Å². The van der Waals surface area contributed by atoms with Gasteiger partial charge in [0.15, 0.2) is 0 Å². The van der Waals surface area contributed by atoms with Crippen LogP contribution >= 0.6 is 0 Å². The SMILES string of the molecule is C=CC(=O)OCCCCOc1ccc(C(=O)Oc2ccc(C3(C)Nc4ccc(OC(=O)c5ccc(OCCCCC6=CC=C6)cc5)cc4C(=O)O3)cc2)cc1. The summed E-state index contributed by atoms with van der Waals surface area (Å²) in [5.74, 6) is -0.422. The van der Waals surface area contributed by atoms with E-state index < -0.39 is 29.6 Å². The third-order valence-electron chi connectivity index (χ3n) is 8.85. The van der Waals surface area contributed by atoms with Gasteiger partial charge in [-0.1, -0.05) is 24.8 Å².